The number of carbonyl (C=O) groups excluding carboxylic acids is 1. The van der Waals surface area contributed by atoms with Crippen molar-refractivity contribution in [2.24, 2.45) is 13.0 Å². The summed E-state index contributed by atoms with van der Waals surface area (Å²) < 4.78 is 1.77. The summed E-state index contributed by atoms with van der Waals surface area (Å²) >= 11 is 0. The van der Waals surface area contributed by atoms with Gasteiger partial charge in [0.15, 0.2) is 5.82 Å². The lowest BCUT2D eigenvalue weighted by Gasteiger charge is -2.19. The van der Waals surface area contributed by atoms with E-state index in [1.54, 1.807) is 17.0 Å². The smallest absolute Gasteiger partial charge is 0.202 e. The van der Waals surface area contributed by atoms with Crippen LogP contribution in [0.15, 0.2) is 12.4 Å². The number of rotatable bonds is 2. The van der Waals surface area contributed by atoms with Crippen LogP contribution in [0.5, 0.6) is 0 Å². The Morgan fingerprint density at radius 3 is 3.07 bits per heavy atom. The van der Waals surface area contributed by atoms with Gasteiger partial charge in [0, 0.05) is 38.4 Å². The van der Waals surface area contributed by atoms with Gasteiger partial charge in [-0.2, -0.15) is 0 Å². The molecule has 0 N–H and O–H groups in total. The molecule has 1 unspecified atom stereocenters. The van der Waals surface area contributed by atoms with Crippen LogP contribution >= 0.6 is 0 Å². The molecule has 2 heterocycles. The van der Waals surface area contributed by atoms with Crippen molar-refractivity contribution < 1.29 is 4.79 Å². The van der Waals surface area contributed by atoms with Gasteiger partial charge in [-0.05, 0) is 12.8 Å². The van der Waals surface area contributed by atoms with Crippen molar-refractivity contribution in [2.75, 3.05) is 13.1 Å². The van der Waals surface area contributed by atoms with Crippen LogP contribution in [0.2, 0.25) is 0 Å². The number of hydrogen-bond donors (Lipinski definition) is 0. The molecule has 2 rings (SSSR count). The maximum Gasteiger partial charge on any atom is 0.202 e. The van der Waals surface area contributed by atoms with E-state index in [2.05, 4.69) is 10.3 Å². The number of aromatic nitrogens is 2. The molecular weight excluding hydrogens is 178 g/mol. The molecule has 0 aliphatic carbocycles. The summed E-state index contributed by atoms with van der Waals surface area (Å²) in [7, 11) is 1.85. The number of piperidine rings is 1. The van der Waals surface area contributed by atoms with Crippen LogP contribution in [0, 0.1) is 5.92 Å². The van der Waals surface area contributed by atoms with E-state index in [9.17, 15) is 4.79 Å². The van der Waals surface area contributed by atoms with E-state index in [-0.39, 0.29) is 11.7 Å². The molecule has 1 fully saturated rings. The largest absolute Gasteiger partial charge is 0.332 e. The fourth-order valence-electron chi connectivity index (χ4n) is 1.79. The van der Waals surface area contributed by atoms with E-state index >= 15 is 0 Å². The maximum atomic E-state index is 11.9. The van der Waals surface area contributed by atoms with Gasteiger partial charge in [-0.1, -0.05) is 0 Å². The number of aryl methyl sites for hydroxylation is 1. The van der Waals surface area contributed by atoms with Gasteiger partial charge in [0.25, 0.3) is 0 Å². The number of nitrogens with zero attached hydrogens (tertiary/aromatic N) is 3. The first-order chi connectivity index (χ1) is 6.79. The molecule has 0 amide bonds. The molecule has 1 aliphatic rings. The zero-order chi connectivity index (χ0) is 9.97. The van der Waals surface area contributed by atoms with E-state index in [1.165, 1.54) is 0 Å². The minimum atomic E-state index is 0.0600. The molecule has 4 heteroatoms. The van der Waals surface area contributed by atoms with Gasteiger partial charge in [0.05, 0.1) is 0 Å². The normalized spacial score (nSPS) is 22.2. The van der Waals surface area contributed by atoms with Crippen LogP contribution in [0.1, 0.15) is 23.5 Å². The standard InChI is InChI=1S/C10H14N3O/c1-13-6-5-12-10(13)9(14)8-3-2-4-11-7-8/h5-6,8H,2-4,7H2,1H3. The van der Waals surface area contributed by atoms with Crippen molar-refractivity contribution in [1.29, 1.82) is 0 Å². The lowest BCUT2D eigenvalue weighted by atomic mass is 9.95. The molecule has 75 valence electrons. The topological polar surface area (TPSA) is 49.0 Å². The van der Waals surface area contributed by atoms with Crippen molar-refractivity contribution in [2.45, 2.75) is 12.8 Å². The SMILES string of the molecule is Cn1ccnc1C(=O)C1CCC[N]C1. The molecule has 1 aliphatic heterocycles. The average Bonchev–Trinajstić information content (AvgIpc) is 2.65. The number of hydrogen-bond acceptors (Lipinski definition) is 2. The van der Waals surface area contributed by atoms with Gasteiger partial charge < -0.3 is 4.57 Å². The van der Waals surface area contributed by atoms with Crippen molar-refractivity contribution in [1.82, 2.24) is 14.9 Å². The lowest BCUT2D eigenvalue weighted by molar-refractivity contribution is 0.0884. The highest BCUT2D eigenvalue weighted by molar-refractivity contribution is 5.94. The molecule has 0 aromatic carbocycles. The van der Waals surface area contributed by atoms with E-state index in [1.807, 2.05) is 7.05 Å². The molecule has 1 aromatic heterocycles. The fourth-order valence-corrected chi connectivity index (χ4v) is 1.79. The Balaban J connectivity index is 2.11. The third-order valence-corrected chi connectivity index (χ3v) is 2.63. The zero-order valence-electron chi connectivity index (χ0n) is 8.31. The molecule has 14 heavy (non-hydrogen) atoms. The summed E-state index contributed by atoms with van der Waals surface area (Å²) in [6.07, 6.45) is 5.44. The molecule has 1 saturated heterocycles. The molecule has 1 radical (unpaired) electrons. The Morgan fingerprint density at radius 2 is 2.50 bits per heavy atom. The number of carbonyl (C=O) groups is 1. The molecule has 0 saturated carbocycles. The van der Waals surface area contributed by atoms with Gasteiger partial charge in [0.1, 0.15) is 0 Å². The summed E-state index contributed by atoms with van der Waals surface area (Å²) in [5, 5.41) is 4.26. The third-order valence-electron chi connectivity index (χ3n) is 2.63. The van der Waals surface area contributed by atoms with Crippen LogP contribution in [0.3, 0.4) is 0 Å². The minimum Gasteiger partial charge on any atom is -0.332 e. The van der Waals surface area contributed by atoms with Crippen molar-refractivity contribution in [3.05, 3.63) is 18.2 Å². The van der Waals surface area contributed by atoms with E-state index in [0.29, 0.717) is 12.4 Å². The average molecular weight is 192 g/mol. The van der Waals surface area contributed by atoms with Gasteiger partial charge in [-0.3, -0.25) is 4.79 Å². The van der Waals surface area contributed by atoms with Crippen LogP contribution in [-0.4, -0.2) is 28.4 Å². The summed E-state index contributed by atoms with van der Waals surface area (Å²) in [4.78, 5) is 16.0. The highest BCUT2D eigenvalue weighted by Crippen LogP contribution is 2.15. The predicted molar refractivity (Wildman–Crippen MR) is 52.1 cm³/mol. The third kappa shape index (κ3) is 1.70. The van der Waals surface area contributed by atoms with Gasteiger partial charge in [-0.15, -0.1) is 0 Å². The van der Waals surface area contributed by atoms with E-state index < -0.39 is 0 Å². The monoisotopic (exact) mass is 192 g/mol. The van der Waals surface area contributed by atoms with Crippen molar-refractivity contribution in [3.63, 3.8) is 0 Å². The summed E-state index contributed by atoms with van der Waals surface area (Å²) in [6, 6.07) is 0. The fraction of sp³-hybridized carbons (Fsp3) is 0.600. The number of ketones is 1. The van der Waals surface area contributed by atoms with Crippen molar-refractivity contribution >= 4 is 5.78 Å². The summed E-state index contributed by atoms with van der Waals surface area (Å²) in [6.45, 7) is 1.58. The highest BCUT2D eigenvalue weighted by Gasteiger charge is 2.25. The van der Waals surface area contributed by atoms with Gasteiger partial charge in [-0.25, -0.2) is 10.3 Å². The summed E-state index contributed by atoms with van der Waals surface area (Å²) in [5.41, 5.74) is 0. The van der Waals surface area contributed by atoms with Crippen LogP contribution in [0.25, 0.3) is 0 Å². The second-order valence-electron chi connectivity index (χ2n) is 3.69. The Bertz CT molecular complexity index is 326. The van der Waals surface area contributed by atoms with Crippen LogP contribution in [0.4, 0.5) is 0 Å². The molecule has 0 spiro atoms. The van der Waals surface area contributed by atoms with Gasteiger partial charge in [0.2, 0.25) is 5.78 Å². The molecule has 1 aromatic rings. The first-order valence-electron chi connectivity index (χ1n) is 4.94. The van der Waals surface area contributed by atoms with E-state index in [4.69, 9.17) is 0 Å². The predicted octanol–water partition coefficient (Wildman–Crippen LogP) is 0.617. The molecular formula is C10H14N3O. The zero-order valence-corrected chi connectivity index (χ0v) is 8.31. The maximum absolute atomic E-state index is 11.9. The molecule has 4 nitrogen and oxygen atoms in total. The van der Waals surface area contributed by atoms with E-state index in [0.717, 1.165) is 19.4 Å². The summed E-state index contributed by atoms with van der Waals surface area (Å²) in [5.74, 6) is 0.762. The quantitative estimate of drug-likeness (QED) is 0.645. The first-order valence-corrected chi connectivity index (χ1v) is 4.94. The second-order valence-corrected chi connectivity index (χ2v) is 3.69. The lowest BCUT2D eigenvalue weighted by Crippen LogP contribution is -2.31. The van der Waals surface area contributed by atoms with Crippen molar-refractivity contribution in [3.8, 4) is 0 Å². The van der Waals surface area contributed by atoms with Gasteiger partial charge >= 0.3 is 0 Å². The highest BCUT2D eigenvalue weighted by atomic mass is 16.1. The molecule has 0 bridgehead atoms. The Morgan fingerprint density at radius 1 is 1.64 bits per heavy atom. The Hall–Kier alpha value is -1.16. The number of imidazole rings is 1. The number of Topliss-reactive ketones (excluding diaryl/α,β-unsaturated/α-hetero) is 1. The van der Waals surface area contributed by atoms with Crippen LogP contribution in [-0.2, 0) is 7.05 Å². The van der Waals surface area contributed by atoms with Crippen LogP contribution < -0.4 is 5.32 Å². The minimum absolute atomic E-state index is 0.0600. The Kier molecular flexibility index (Phi) is 2.63. The second kappa shape index (κ2) is 3.92. The first kappa shape index (κ1) is 9.40. The Labute approximate surface area is 83.3 Å². The molecule has 1 atom stereocenters.